The molecule has 0 spiro atoms. The van der Waals surface area contributed by atoms with Gasteiger partial charge in [-0.3, -0.25) is 4.79 Å². The van der Waals surface area contributed by atoms with Crippen molar-refractivity contribution >= 4 is 22.8 Å². The molecule has 1 aliphatic rings. The third kappa shape index (κ3) is 2.79. The molecule has 25 heavy (non-hydrogen) atoms. The monoisotopic (exact) mass is 344 g/mol. The quantitative estimate of drug-likeness (QED) is 0.786. The molecule has 8 heteroatoms. The van der Waals surface area contributed by atoms with E-state index in [1.165, 1.54) is 18.2 Å². The van der Waals surface area contributed by atoms with Gasteiger partial charge in [0.1, 0.15) is 5.75 Å². The summed E-state index contributed by atoms with van der Waals surface area (Å²) in [5.41, 5.74) is 7.03. The fourth-order valence-electron chi connectivity index (χ4n) is 2.74. The number of nitrogens with two attached hydrogens (primary N) is 1. The van der Waals surface area contributed by atoms with Gasteiger partial charge in [0.15, 0.2) is 11.5 Å². The average molecular weight is 344 g/mol. The van der Waals surface area contributed by atoms with E-state index in [0.717, 1.165) is 23.2 Å². The SMILES string of the molecule is Nc1nn(C(=O)c2ccccc2OC(F)F)c2nc(C3CC3)ccc12. The maximum Gasteiger partial charge on any atom is 0.387 e. The van der Waals surface area contributed by atoms with Crippen molar-refractivity contribution in [2.24, 2.45) is 0 Å². The van der Waals surface area contributed by atoms with Gasteiger partial charge in [0, 0.05) is 11.6 Å². The molecule has 0 radical (unpaired) electrons. The van der Waals surface area contributed by atoms with Crippen LogP contribution in [-0.2, 0) is 0 Å². The van der Waals surface area contributed by atoms with Crippen LogP contribution in [0.15, 0.2) is 36.4 Å². The number of fused-ring (bicyclic) bond motifs is 1. The third-order valence-electron chi connectivity index (χ3n) is 4.10. The van der Waals surface area contributed by atoms with Gasteiger partial charge in [0.2, 0.25) is 0 Å². The van der Waals surface area contributed by atoms with E-state index < -0.39 is 12.5 Å². The normalized spacial score (nSPS) is 14.2. The van der Waals surface area contributed by atoms with Gasteiger partial charge in [-0.2, -0.15) is 13.5 Å². The Morgan fingerprint density at radius 2 is 2.00 bits per heavy atom. The smallest absolute Gasteiger partial charge is 0.387 e. The summed E-state index contributed by atoms with van der Waals surface area (Å²) < 4.78 is 30.6. The number of para-hydroxylation sites is 1. The minimum atomic E-state index is -3.03. The molecule has 0 saturated heterocycles. The molecule has 2 heterocycles. The van der Waals surface area contributed by atoms with Crippen molar-refractivity contribution < 1.29 is 18.3 Å². The van der Waals surface area contributed by atoms with Crippen LogP contribution in [0.4, 0.5) is 14.6 Å². The number of pyridine rings is 1. The molecule has 1 aromatic carbocycles. The average Bonchev–Trinajstić information content (AvgIpc) is 3.39. The molecule has 1 fully saturated rings. The number of nitrogen functional groups attached to an aromatic ring is 1. The second kappa shape index (κ2) is 5.80. The number of benzene rings is 1. The minimum Gasteiger partial charge on any atom is -0.434 e. The predicted molar refractivity (Wildman–Crippen MR) is 86.7 cm³/mol. The Labute approximate surface area is 141 Å². The van der Waals surface area contributed by atoms with E-state index in [0.29, 0.717) is 17.0 Å². The van der Waals surface area contributed by atoms with Crippen LogP contribution in [-0.4, -0.2) is 27.3 Å². The zero-order chi connectivity index (χ0) is 17.6. The molecule has 0 unspecified atom stereocenters. The number of aromatic nitrogens is 3. The Hall–Kier alpha value is -3.03. The number of nitrogens with zero attached hydrogens (tertiary/aromatic N) is 3. The van der Waals surface area contributed by atoms with Gasteiger partial charge >= 0.3 is 6.61 Å². The Balaban J connectivity index is 1.81. The first-order chi connectivity index (χ1) is 12.0. The summed E-state index contributed by atoms with van der Waals surface area (Å²) in [6.45, 7) is -3.03. The van der Waals surface area contributed by atoms with Crippen LogP contribution < -0.4 is 10.5 Å². The number of halogens is 2. The maximum atomic E-state index is 12.9. The van der Waals surface area contributed by atoms with E-state index in [9.17, 15) is 13.6 Å². The van der Waals surface area contributed by atoms with E-state index in [4.69, 9.17) is 5.73 Å². The van der Waals surface area contributed by atoms with Crippen LogP contribution in [0.3, 0.4) is 0 Å². The van der Waals surface area contributed by atoms with E-state index in [-0.39, 0.29) is 17.1 Å². The second-order valence-electron chi connectivity index (χ2n) is 5.86. The third-order valence-corrected chi connectivity index (χ3v) is 4.10. The van der Waals surface area contributed by atoms with Crippen molar-refractivity contribution in [2.75, 3.05) is 5.73 Å². The highest BCUT2D eigenvalue weighted by atomic mass is 19.3. The second-order valence-corrected chi connectivity index (χ2v) is 5.86. The molecule has 2 N–H and O–H groups in total. The zero-order valence-electron chi connectivity index (χ0n) is 13.0. The zero-order valence-corrected chi connectivity index (χ0v) is 13.0. The van der Waals surface area contributed by atoms with Crippen LogP contribution in [0, 0.1) is 0 Å². The topological polar surface area (TPSA) is 83.0 Å². The molecule has 128 valence electrons. The van der Waals surface area contributed by atoms with E-state index in [1.54, 1.807) is 12.1 Å². The van der Waals surface area contributed by atoms with Crippen LogP contribution in [0.2, 0.25) is 0 Å². The van der Waals surface area contributed by atoms with Gasteiger partial charge in [-0.15, -0.1) is 5.10 Å². The maximum absolute atomic E-state index is 12.9. The van der Waals surface area contributed by atoms with Gasteiger partial charge in [-0.05, 0) is 37.1 Å². The molecule has 6 nitrogen and oxygen atoms in total. The van der Waals surface area contributed by atoms with Crippen molar-refractivity contribution in [1.82, 2.24) is 14.8 Å². The lowest BCUT2D eigenvalue weighted by Crippen LogP contribution is -2.17. The number of rotatable bonds is 4. The Kier molecular flexibility index (Phi) is 3.60. The molecule has 1 aliphatic carbocycles. The molecule has 0 atom stereocenters. The van der Waals surface area contributed by atoms with Gasteiger partial charge in [0.25, 0.3) is 5.91 Å². The van der Waals surface area contributed by atoms with Crippen LogP contribution in [0.25, 0.3) is 11.0 Å². The predicted octanol–water partition coefficient (Wildman–Crippen LogP) is 3.18. The Morgan fingerprint density at radius 3 is 2.72 bits per heavy atom. The number of anilines is 1. The number of carbonyl (C=O) groups is 1. The summed E-state index contributed by atoms with van der Waals surface area (Å²) in [6.07, 6.45) is 2.11. The molecule has 4 rings (SSSR count). The lowest BCUT2D eigenvalue weighted by atomic mass is 10.2. The number of ether oxygens (including phenoxy) is 1. The molecule has 2 aromatic heterocycles. The fourth-order valence-corrected chi connectivity index (χ4v) is 2.74. The number of hydrogen-bond acceptors (Lipinski definition) is 5. The van der Waals surface area contributed by atoms with Crippen molar-refractivity contribution in [3.05, 3.63) is 47.7 Å². The highest BCUT2D eigenvalue weighted by Gasteiger charge is 2.27. The molecule has 0 bridgehead atoms. The largest absolute Gasteiger partial charge is 0.434 e. The first-order valence-corrected chi connectivity index (χ1v) is 7.78. The molecule has 1 saturated carbocycles. The standard InChI is InChI=1S/C17H14F2N4O2/c18-17(19)25-13-4-2-1-3-10(13)16(24)23-15-11(14(20)22-23)7-8-12(21-15)9-5-6-9/h1-4,7-9,17H,5-6H2,(H2,20,22). The highest BCUT2D eigenvalue weighted by molar-refractivity contribution is 6.03. The summed E-state index contributed by atoms with van der Waals surface area (Å²) in [7, 11) is 0. The van der Waals surface area contributed by atoms with Crippen LogP contribution >= 0.6 is 0 Å². The van der Waals surface area contributed by atoms with Crippen LogP contribution in [0.1, 0.15) is 34.8 Å². The number of carbonyl (C=O) groups excluding carboxylic acids is 1. The van der Waals surface area contributed by atoms with Crippen molar-refractivity contribution in [3.63, 3.8) is 0 Å². The summed E-state index contributed by atoms with van der Waals surface area (Å²) in [4.78, 5) is 17.4. The summed E-state index contributed by atoms with van der Waals surface area (Å²) in [6, 6.07) is 9.42. The van der Waals surface area contributed by atoms with Crippen LogP contribution in [0.5, 0.6) is 5.75 Å². The summed E-state index contributed by atoms with van der Waals surface area (Å²) in [5, 5.41) is 4.59. The van der Waals surface area contributed by atoms with Gasteiger partial charge in [-0.1, -0.05) is 12.1 Å². The molecular weight excluding hydrogens is 330 g/mol. The lowest BCUT2D eigenvalue weighted by Gasteiger charge is -2.09. The Bertz CT molecular complexity index is 966. The Morgan fingerprint density at radius 1 is 1.24 bits per heavy atom. The van der Waals surface area contributed by atoms with E-state index in [1.807, 2.05) is 6.07 Å². The molecule has 3 aromatic rings. The van der Waals surface area contributed by atoms with Crippen molar-refractivity contribution in [1.29, 1.82) is 0 Å². The number of alkyl halides is 2. The molecule has 0 amide bonds. The van der Waals surface area contributed by atoms with Gasteiger partial charge in [-0.25, -0.2) is 4.98 Å². The molecule has 0 aliphatic heterocycles. The van der Waals surface area contributed by atoms with Crippen molar-refractivity contribution in [2.45, 2.75) is 25.4 Å². The first-order valence-electron chi connectivity index (χ1n) is 7.78. The van der Waals surface area contributed by atoms with Gasteiger partial charge < -0.3 is 10.5 Å². The first kappa shape index (κ1) is 15.5. The minimum absolute atomic E-state index is 0.0363. The van der Waals surface area contributed by atoms with E-state index >= 15 is 0 Å². The number of hydrogen-bond donors (Lipinski definition) is 1. The van der Waals surface area contributed by atoms with Gasteiger partial charge in [0.05, 0.1) is 10.9 Å². The summed E-state index contributed by atoms with van der Waals surface area (Å²) >= 11 is 0. The van der Waals surface area contributed by atoms with Crippen molar-refractivity contribution in [3.8, 4) is 5.75 Å². The fraction of sp³-hybridized carbons (Fsp3) is 0.235. The lowest BCUT2D eigenvalue weighted by molar-refractivity contribution is -0.0501. The van der Waals surface area contributed by atoms with E-state index in [2.05, 4.69) is 14.8 Å². The molecular formula is C17H14F2N4O2. The highest BCUT2D eigenvalue weighted by Crippen LogP contribution is 2.39. The summed E-state index contributed by atoms with van der Waals surface area (Å²) in [5.74, 6) is -0.301.